The highest BCUT2D eigenvalue weighted by atomic mass is 15.3. The van der Waals surface area contributed by atoms with Gasteiger partial charge < -0.3 is 5.32 Å². The zero-order chi connectivity index (χ0) is 12.2. The summed E-state index contributed by atoms with van der Waals surface area (Å²) in [5.41, 5.74) is 1.51. The van der Waals surface area contributed by atoms with Crippen molar-refractivity contribution < 1.29 is 0 Å². The van der Waals surface area contributed by atoms with Crippen LogP contribution in [0.4, 0.5) is 0 Å². The molecule has 16 heavy (non-hydrogen) atoms. The van der Waals surface area contributed by atoms with Gasteiger partial charge in [-0.25, -0.2) is 0 Å². The molecule has 1 N–H and O–H groups in total. The van der Waals surface area contributed by atoms with Crippen molar-refractivity contribution in [3.63, 3.8) is 0 Å². The highest BCUT2D eigenvalue weighted by Crippen LogP contribution is 2.32. The summed E-state index contributed by atoms with van der Waals surface area (Å²) in [5.74, 6) is 0. The van der Waals surface area contributed by atoms with Crippen LogP contribution in [-0.4, -0.2) is 16.3 Å². The topological polar surface area (TPSA) is 29.9 Å². The van der Waals surface area contributed by atoms with E-state index in [0.29, 0.717) is 6.04 Å². The van der Waals surface area contributed by atoms with E-state index in [1.54, 1.807) is 0 Å². The maximum absolute atomic E-state index is 4.40. The van der Waals surface area contributed by atoms with Crippen LogP contribution in [0.2, 0.25) is 0 Å². The van der Waals surface area contributed by atoms with Gasteiger partial charge in [0.1, 0.15) is 0 Å². The van der Waals surface area contributed by atoms with Gasteiger partial charge in [-0.2, -0.15) is 5.10 Å². The maximum atomic E-state index is 4.40. The average molecular weight is 223 g/mol. The summed E-state index contributed by atoms with van der Waals surface area (Å²) < 4.78 is 2.12. The Labute approximate surface area is 99.2 Å². The van der Waals surface area contributed by atoms with Gasteiger partial charge in [0.05, 0.1) is 11.7 Å². The fraction of sp³-hybridized carbons (Fsp3) is 0.769. The van der Waals surface area contributed by atoms with Gasteiger partial charge >= 0.3 is 0 Å². The molecule has 0 spiro atoms. The molecule has 0 bridgehead atoms. The van der Waals surface area contributed by atoms with Gasteiger partial charge in [0, 0.05) is 12.7 Å². The van der Waals surface area contributed by atoms with Crippen molar-refractivity contribution in [2.24, 2.45) is 5.41 Å². The molecule has 1 atom stereocenters. The fourth-order valence-electron chi connectivity index (χ4n) is 2.05. The lowest BCUT2D eigenvalue weighted by Gasteiger charge is -2.31. The Bertz CT molecular complexity index is 309. The van der Waals surface area contributed by atoms with Crippen LogP contribution in [0.3, 0.4) is 0 Å². The molecule has 1 aromatic rings. The molecule has 0 radical (unpaired) electrons. The molecular weight excluding hydrogens is 198 g/mol. The van der Waals surface area contributed by atoms with Crippen molar-refractivity contribution in [1.29, 1.82) is 0 Å². The first kappa shape index (κ1) is 13.2. The van der Waals surface area contributed by atoms with Crippen LogP contribution in [-0.2, 0) is 6.54 Å². The second kappa shape index (κ2) is 5.48. The Morgan fingerprint density at radius 2 is 2.06 bits per heavy atom. The third-order valence-corrected chi connectivity index (χ3v) is 2.75. The van der Waals surface area contributed by atoms with E-state index in [2.05, 4.69) is 55.8 Å². The van der Waals surface area contributed by atoms with Crippen LogP contribution < -0.4 is 5.32 Å². The molecule has 0 aliphatic carbocycles. The number of rotatable bonds is 5. The Morgan fingerprint density at radius 3 is 2.56 bits per heavy atom. The quantitative estimate of drug-likeness (QED) is 0.831. The first-order chi connectivity index (χ1) is 7.50. The number of hydrogen-bond acceptors (Lipinski definition) is 2. The minimum Gasteiger partial charge on any atom is -0.308 e. The summed E-state index contributed by atoms with van der Waals surface area (Å²) in [4.78, 5) is 0. The van der Waals surface area contributed by atoms with Gasteiger partial charge in [0.2, 0.25) is 0 Å². The Balaban J connectivity index is 2.96. The molecule has 1 heterocycles. The van der Waals surface area contributed by atoms with E-state index in [1.807, 2.05) is 6.20 Å². The highest BCUT2D eigenvalue weighted by molar-refractivity contribution is 5.10. The van der Waals surface area contributed by atoms with Crippen LogP contribution in [0.15, 0.2) is 12.3 Å². The van der Waals surface area contributed by atoms with E-state index in [0.717, 1.165) is 19.5 Å². The molecule has 0 amide bonds. The molecule has 1 rings (SSSR count). The average Bonchev–Trinajstić information content (AvgIpc) is 2.61. The predicted molar refractivity (Wildman–Crippen MR) is 68.4 cm³/mol. The molecule has 1 aromatic heterocycles. The number of hydrogen-bond donors (Lipinski definition) is 1. The molecule has 0 aliphatic rings. The Hall–Kier alpha value is -0.830. The molecule has 0 saturated carbocycles. The Kier molecular flexibility index (Phi) is 4.54. The molecular formula is C13H25N3. The van der Waals surface area contributed by atoms with Crippen molar-refractivity contribution >= 4 is 0 Å². The third kappa shape index (κ3) is 3.08. The molecule has 3 heteroatoms. The summed E-state index contributed by atoms with van der Waals surface area (Å²) in [6.07, 6.45) is 3.03. The lowest BCUT2D eigenvalue weighted by Crippen LogP contribution is -2.34. The minimum atomic E-state index is 0.210. The summed E-state index contributed by atoms with van der Waals surface area (Å²) in [5, 5.41) is 7.96. The van der Waals surface area contributed by atoms with Crippen molar-refractivity contribution in [2.75, 3.05) is 6.54 Å². The third-order valence-electron chi connectivity index (χ3n) is 2.75. The van der Waals surface area contributed by atoms with E-state index in [9.17, 15) is 0 Å². The molecule has 0 aromatic carbocycles. The lowest BCUT2D eigenvalue weighted by atomic mass is 9.84. The number of aryl methyl sites for hydroxylation is 1. The maximum Gasteiger partial charge on any atom is 0.0558 e. The summed E-state index contributed by atoms with van der Waals surface area (Å²) in [6, 6.07) is 2.50. The van der Waals surface area contributed by atoms with E-state index in [1.165, 1.54) is 5.69 Å². The van der Waals surface area contributed by atoms with Crippen LogP contribution in [0, 0.1) is 5.41 Å². The normalized spacial score (nSPS) is 14.1. The molecule has 1 unspecified atom stereocenters. The van der Waals surface area contributed by atoms with Crippen LogP contribution in [0.5, 0.6) is 0 Å². The van der Waals surface area contributed by atoms with Crippen molar-refractivity contribution in [3.05, 3.63) is 18.0 Å². The first-order valence-electron chi connectivity index (χ1n) is 6.25. The highest BCUT2D eigenvalue weighted by Gasteiger charge is 2.27. The van der Waals surface area contributed by atoms with Gasteiger partial charge in [0.25, 0.3) is 0 Å². The standard InChI is InChI=1S/C13H25N3/c1-6-10-16-11(8-9-15-16)12(14-7-2)13(3,4)5/h8-9,12,14H,6-7,10H2,1-5H3. The molecule has 3 nitrogen and oxygen atoms in total. The zero-order valence-corrected chi connectivity index (χ0v) is 11.2. The van der Waals surface area contributed by atoms with Gasteiger partial charge in [-0.15, -0.1) is 0 Å². The fourth-order valence-corrected chi connectivity index (χ4v) is 2.05. The Morgan fingerprint density at radius 1 is 1.38 bits per heavy atom. The number of nitrogens with zero attached hydrogens (tertiary/aromatic N) is 2. The molecule has 0 saturated heterocycles. The summed E-state index contributed by atoms with van der Waals surface area (Å²) in [7, 11) is 0. The zero-order valence-electron chi connectivity index (χ0n) is 11.2. The van der Waals surface area contributed by atoms with Gasteiger partial charge in [-0.3, -0.25) is 4.68 Å². The second-order valence-electron chi connectivity index (χ2n) is 5.34. The van der Waals surface area contributed by atoms with Crippen LogP contribution in [0.1, 0.15) is 52.8 Å². The van der Waals surface area contributed by atoms with Crippen molar-refractivity contribution in [2.45, 2.75) is 53.6 Å². The summed E-state index contributed by atoms with van der Waals surface area (Å²) in [6.45, 7) is 13.1. The van der Waals surface area contributed by atoms with Crippen LogP contribution in [0.25, 0.3) is 0 Å². The molecule has 92 valence electrons. The van der Waals surface area contributed by atoms with Crippen molar-refractivity contribution in [3.8, 4) is 0 Å². The second-order valence-corrected chi connectivity index (χ2v) is 5.34. The molecule has 0 aliphatic heterocycles. The van der Waals surface area contributed by atoms with Crippen molar-refractivity contribution in [1.82, 2.24) is 15.1 Å². The van der Waals surface area contributed by atoms with Gasteiger partial charge in [-0.05, 0) is 24.4 Å². The number of aromatic nitrogens is 2. The molecule has 0 fully saturated rings. The SMILES string of the molecule is CCCn1nccc1C(NCC)C(C)(C)C. The van der Waals surface area contributed by atoms with E-state index >= 15 is 0 Å². The lowest BCUT2D eigenvalue weighted by molar-refractivity contribution is 0.261. The minimum absolute atomic E-state index is 0.210. The number of nitrogens with one attached hydrogen (secondary N) is 1. The van der Waals surface area contributed by atoms with Gasteiger partial charge in [-0.1, -0.05) is 34.6 Å². The van der Waals surface area contributed by atoms with E-state index in [4.69, 9.17) is 0 Å². The van der Waals surface area contributed by atoms with Gasteiger partial charge in [0.15, 0.2) is 0 Å². The first-order valence-corrected chi connectivity index (χ1v) is 6.25. The predicted octanol–water partition coefficient (Wildman–Crippen LogP) is 2.99. The smallest absolute Gasteiger partial charge is 0.0558 e. The van der Waals surface area contributed by atoms with E-state index in [-0.39, 0.29) is 5.41 Å². The largest absolute Gasteiger partial charge is 0.308 e. The monoisotopic (exact) mass is 223 g/mol. The van der Waals surface area contributed by atoms with Crippen LogP contribution >= 0.6 is 0 Å². The van der Waals surface area contributed by atoms with E-state index < -0.39 is 0 Å². The summed E-state index contributed by atoms with van der Waals surface area (Å²) >= 11 is 0.